The van der Waals surface area contributed by atoms with Gasteiger partial charge in [0, 0.05) is 34.5 Å². The molecule has 7 aromatic carbocycles. The van der Waals surface area contributed by atoms with Gasteiger partial charge in [0.2, 0.25) is 0 Å². The van der Waals surface area contributed by atoms with E-state index in [9.17, 15) is 0 Å². The molecule has 3 heteroatoms. The minimum Gasteiger partial charge on any atom is -0.264 e. The Balaban J connectivity index is 1.31. The van der Waals surface area contributed by atoms with Crippen LogP contribution >= 0.6 is 0 Å². The average molecular weight is 646 g/mol. The van der Waals surface area contributed by atoms with Crippen molar-refractivity contribution in [3.8, 4) is 67.2 Å². The number of nitrogens with zero attached hydrogens (tertiary/aromatic N) is 3. The Morgan fingerprint density at radius 2 is 1.08 bits per heavy atom. The molecule has 0 N–H and O–H groups in total. The lowest BCUT2D eigenvalue weighted by Gasteiger charge is -2.31. The first-order valence-corrected chi connectivity index (χ1v) is 17.5. The molecule has 3 aliphatic rings. The molecule has 3 aliphatic carbocycles. The molecule has 2 heterocycles. The molecule has 3 nitrogen and oxygen atoms in total. The summed E-state index contributed by atoms with van der Waals surface area (Å²) in [5.41, 5.74) is 18.6. The molecule has 0 fully saturated rings. The van der Waals surface area contributed by atoms with Crippen LogP contribution in [-0.4, -0.2) is 15.0 Å². The van der Waals surface area contributed by atoms with Crippen LogP contribution in [0.3, 0.4) is 0 Å². The topological polar surface area (TPSA) is 38.7 Å². The number of fused-ring (bicyclic) bond motifs is 14. The number of pyridine rings is 1. The van der Waals surface area contributed by atoms with Gasteiger partial charge < -0.3 is 0 Å². The van der Waals surface area contributed by atoms with Crippen molar-refractivity contribution in [1.82, 2.24) is 15.0 Å². The van der Waals surface area contributed by atoms with Crippen molar-refractivity contribution in [2.75, 3.05) is 0 Å². The molecule has 0 atom stereocenters. The lowest BCUT2D eigenvalue weighted by atomic mass is 9.70. The van der Waals surface area contributed by atoms with Crippen LogP contribution < -0.4 is 0 Å². The molecule has 0 saturated heterocycles. The maximum absolute atomic E-state index is 5.55. The molecule has 12 rings (SSSR count). The molecule has 0 aliphatic heterocycles. The van der Waals surface area contributed by atoms with Gasteiger partial charge in [0.15, 0.2) is 5.82 Å². The van der Waals surface area contributed by atoms with Gasteiger partial charge in [0.05, 0.1) is 16.6 Å². The highest BCUT2D eigenvalue weighted by atomic mass is 14.9. The molecule has 1 spiro atoms. The predicted molar refractivity (Wildman–Crippen MR) is 206 cm³/mol. The van der Waals surface area contributed by atoms with Crippen LogP contribution in [0.25, 0.3) is 88.8 Å². The van der Waals surface area contributed by atoms with Crippen molar-refractivity contribution < 1.29 is 0 Å². The van der Waals surface area contributed by atoms with Gasteiger partial charge in [-0.05, 0) is 96.2 Å². The van der Waals surface area contributed by atoms with E-state index in [0.29, 0.717) is 0 Å². The minimum absolute atomic E-state index is 0.491. The summed E-state index contributed by atoms with van der Waals surface area (Å²) < 4.78 is 0. The van der Waals surface area contributed by atoms with E-state index >= 15 is 0 Å². The summed E-state index contributed by atoms with van der Waals surface area (Å²) in [5, 5.41) is 3.55. The fraction of sp³-hybridized carbons (Fsp3) is 0.0208. The van der Waals surface area contributed by atoms with Gasteiger partial charge in [-0.15, -0.1) is 0 Å². The van der Waals surface area contributed by atoms with Gasteiger partial charge in [-0.1, -0.05) is 127 Å². The van der Waals surface area contributed by atoms with E-state index in [4.69, 9.17) is 9.97 Å². The number of aromatic nitrogens is 3. The molecular formula is C48H27N3. The fourth-order valence-electron chi connectivity index (χ4n) is 9.65. The van der Waals surface area contributed by atoms with Crippen LogP contribution in [0.4, 0.5) is 0 Å². The summed E-state index contributed by atoms with van der Waals surface area (Å²) >= 11 is 0. The SMILES string of the molecule is c1cncc(-c2nc(-c3c4c(cc5c3-c3ccccc3C53c5ccccc5-c5ccccc53)-c3cccc5cccc-4c35)nc3ccccc23)c1. The Morgan fingerprint density at radius 1 is 0.431 bits per heavy atom. The van der Waals surface area contributed by atoms with Crippen LogP contribution in [0.2, 0.25) is 0 Å². The van der Waals surface area contributed by atoms with Crippen LogP contribution in [0, 0.1) is 0 Å². The fourth-order valence-corrected chi connectivity index (χ4v) is 9.65. The first kappa shape index (κ1) is 27.2. The maximum atomic E-state index is 5.55. The number of para-hydroxylation sites is 1. The molecule has 51 heavy (non-hydrogen) atoms. The standard InChI is InChI=1S/C48H27N3/c1-5-21-37-30(15-1)31-16-2-6-22-38(31)48(37)39-23-7-3-17-33(39)44-40(48)26-36-32-19-9-12-28-13-10-20-35(42(28)32)43(36)45(44)47-50-41-24-8-4-18-34(41)46(51-47)29-14-11-25-49-27-29/h1-27H. The van der Waals surface area contributed by atoms with Crippen molar-refractivity contribution >= 4 is 21.7 Å². The van der Waals surface area contributed by atoms with E-state index in [0.717, 1.165) is 33.5 Å². The first-order chi connectivity index (χ1) is 25.3. The van der Waals surface area contributed by atoms with Crippen LogP contribution in [0.1, 0.15) is 22.3 Å². The number of benzene rings is 7. The highest BCUT2D eigenvalue weighted by molar-refractivity contribution is 6.21. The van der Waals surface area contributed by atoms with Crippen LogP contribution in [-0.2, 0) is 5.41 Å². The summed E-state index contributed by atoms with van der Waals surface area (Å²) in [6, 6.07) is 55.4. The second-order valence-corrected chi connectivity index (χ2v) is 13.8. The van der Waals surface area contributed by atoms with Crippen molar-refractivity contribution in [2.45, 2.75) is 5.41 Å². The number of hydrogen-bond donors (Lipinski definition) is 0. The Labute approximate surface area is 294 Å². The highest BCUT2D eigenvalue weighted by Crippen LogP contribution is 2.66. The summed E-state index contributed by atoms with van der Waals surface area (Å²) in [6.45, 7) is 0. The Bertz CT molecular complexity index is 2930. The third-order valence-electron chi connectivity index (χ3n) is 11.5. The summed E-state index contributed by atoms with van der Waals surface area (Å²) in [7, 11) is 0. The average Bonchev–Trinajstić information content (AvgIpc) is 3.80. The van der Waals surface area contributed by atoms with Gasteiger partial charge in [-0.3, -0.25) is 4.98 Å². The van der Waals surface area contributed by atoms with Gasteiger partial charge in [-0.2, -0.15) is 0 Å². The second kappa shape index (κ2) is 9.71. The normalized spacial score (nSPS) is 13.6. The first-order valence-electron chi connectivity index (χ1n) is 17.5. The summed E-state index contributed by atoms with van der Waals surface area (Å²) in [5.74, 6) is 0.733. The van der Waals surface area contributed by atoms with E-state index in [1.54, 1.807) is 0 Å². The molecule has 234 valence electrons. The Morgan fingerprint density at radius 3 is 1.82 bits per heavy atom. The lowest BCUT2D eigenvalue weighted by Crippen LogP contribution is -2.26. The third kappa shape index (κ3) is 3.31. The number of hydrogen-bond acceptors (Lipinski definition) is 3. The third-order valence-corrected chi connectivity index (χ3v) is 11.5. The molecular weight excluding hydrogens is 619 g/mol. The summed E-state index contributed by atoms with van der Waals surface area (Å²) in [4.78, 5) is 15.5. The zero-order valence-electron chi connectivity index (χ0n) is 27.4. The zero-order valence-corrected chi connectivity index (χ0v) is 27.4. The van der Waals surface area contributed by atoms with Gasteiger partial charge in [0.25, 0.3) is 0 Å². The summed E-state index contributed by atoms with van der Waals surface area (Å²) in [6.07, 6.45) is 3.72. The van der Waals surface area contributed by atoms with E-state index in [1.165, 1.54) is 77.5 Å². The molecule has 0 radical (unpaired) electrons. The van der Waals surface area contributed by atoms with Crippen LogP contribution in [0.5, 0.6) is 0 Å². The molecule has 2 aromatic heterocycles. The van der Waals surface area contributed by atoms with Gasteiger partial charge in [0.1, 0.15) is 0 Å². The largest absolute Gasteiger partial charge is 0.264 e. The van der Waals surface area contributed by atoms with E-state index in [2.05, 4.69) is 151 Å². The van der Waals surface area contributed by atoms with Crippen molar-refractivity contribution in [3.63, 3.8) is 0 Å². The van der Waals surface area contributed by atoms with Crippen molar-refractivity contribution in [1.29, 1.82) is 0 Å². The Kier molecular flexibility index (Phi) is 5.17. The molecule has 0 amide bonds. The molecule has 0 saturated carbocycles. The van der Waals surface area contributed by atoms with Crippen molar-refractivity contribution in [3.05, 3.63) is 186 Å². The highest BCUT2D eigenvalue weighted by Gasteiger charge is 2.53. The number of rotatable bonds is 2. The van der Waals surface area contributed by atoms with Gasteiger partial charge in [-0.25, -0.2) is 9.97 Å². The van der Waals surface area contributed by atoms with Crippen LogP contribution in [0.15, 0.2) is 164 Å². The molecule has 0 bridgehead atoms. The Hall–Kier alpha value is -6.71. The monoisotopic (exact) mass is 645 g/mol. The van der Waals surface area contributed by atoms with Crippen molar-refractivity contribution in [2.24, 2.45) is 0 Å². The lowest BCUT2D eigenvalue weighted by molar-refractivity contribution is 0.794. The smallest absolute Gasteiger partial charge is 0.161 e. The second-order valence-electron chi connectivity index (χ2n) is 13.8. The van der Waals surface area contributed by atoms with E-state index < -0.39 is 5.41 Å². The zero-order chi connectivity index (χ0) is 33.3. The van der Waals surface area contributed by atoms with E-state index in [-0.39, 0.29) is 0 Å². The quantitative estimate of drug-likeness (QED) is 0.188. The van der Waals surface area contributed by atoms with E-state index in [1.807, 2.05) is 18.5 Å². The molecule has 9 aromatic rings. The molecule has 0 unspecified atom stereocenters. The maximum Gasteiger partial charge on any atom is 0.161 e. The van der Waals surface area contributed by atoms with Gasteiger partial charge >= 0.3 is 0 Å². The minimum atomic E-state index is -0.491. The predicted octanol–water partition coefficient (Wildman–Crippen LogP) is 11.5.